The van der Waals surface area contributed by atoms with E-state index in [2.05, 4.69) is 140 Å². The molecule has 0 bridgehead atoms. The van der Waals surface area contributed by atoms with Gasteiger partial charge in [0.25, 0.3) is 0 Å². The maximum Gasteiger partial charge on any atom is 0.115 e. The molecule has 0 aliphatic heterocycles. The lowest BCUT2D eigenvalue weighted by molar-refractivity contribution is 1.12. The van der Waals surface area contributed by atoms with Crippen LogP contribution in [0, 0.1) is 55.4 Å². The molecule has 6 aromatic carbocycles. The highest BCUT2D eigenvalue weighted by Gasteiger charge is 2.23. The summed E-state index contributed by atoms with van der Waals surface area (Å²) in [6.07, 6.45) is 7.05. The second kappa shape index (κ2) is 12.3. The molecule has 236 valence electrons. The summed E-state index contributed by atoms with van der Waals surface area (Å²) in [4.78, 5) is 0.978. The van der Waals surface area contributed by atoms with Crippen LogP contribution in [0.1, 0.15) is 57.3 Å². The van der Waals surface area contributed by atoms with Crippen LogP contribution in [0.3, 0.4) is 0 Å². The van der Waals surface area contributed by atoms with Crippen molar-refractivity contribution in [3.63, 3.8) is 0 Å². The zero-order valence-electron chi connectivity index (χ0n) is 29.5. The molecule has 0 fully saturated rings. The summed E-state index contributed by atoms with van der Waals surface area (Å²) in [5.74, 6) is 0. The molecular weight excluding hydrogens is 595 g/mol. The molecule has 0 atom stereocenters. The molecule has 6 aromatic rings. The topological polar surface area (TPSA) is 0 Å². The predicted molar refractivity (Wildman–Crippen MR) is 214 cm³/mol. The Kier molecular flexibility index (Phi) is 8.29. The molecular formula is C46H43BS. The first kappa shape index (κ1) is 32.3. The van der Waals surface area contributed by atoms with Gasteiger partial charge >= 0.3 is 0 Å². The van der Waals surface area contributed by atoms with E-state index in [-0.39, 0.29) is 0 Å². The first-order valence-corrected chi connectivity index (χ1v) is 17.6. The maximum atomic E-state index is 6.94. The Balaban J connectivity index is 1.71. The van der Waals surface area contributed by atoms with Crippen molar-refractivity contribution < 1.29 is 0 Å². The Bertz CT molecular complexity index is 2370. The molecule has 1 aliphatic rings. The Morgan fingerprint density at radius 2 is 1.00 bits per heavy atom. The second-order valence-corrected chi connectivity index (χ2v) is 14.2. The lowest BCUT2D eigenvalue weighted by atomic mass is 9.77. The van der Waals surface area contributed by atoms with E-state index in [9.17, 15) is 0 Å². The van der Waals surface area contributed by atoms with Crippen molar-refractivity contribution >= 4 is 48.9 Å². The van der Waals surface area contributed by atoms with Crippen molar-refractivity contribution in [3.05, 3.63) is 128 Å². The minimum atomic E-state index is 0.811. The molecule has 7 rings (SSSR count). The first-order valence-electron chi connectivity index (χ1n) is 17.1. The van der Waals surface area contributed by atoms with E-state index >= 15 is 0 Å². The van der Waals surface area contributed by atoms with Crippen LogP contribution in [-0.4, -0.2) is 7.85 Å². The zero-order valence-corrected chi connectivity index (χ0v) is 30.4. The average Bonchev–Trinajstić information content (AvgIpc) is 3.11. The largest absolute Gasteiger partial charge is 0.143 e. The Labute approximate surface area is 293 Å². The third-order valence-corrected chi connectivity index (χ3v) is 12.1. The third kappa shape index (κ3) is 4.91. The van der Waals surface area contributed by atoms with Crippen LogP contribution in [0.5, 0.6) is 0 Å². The fraction of sp³-hybridized carbons (Fsp3) is 0.217. The van der Waals surface area contributed by atoms with Gasteiger partial charge in [0.1, 0.15) is 7.85 Å². The molecule has 0 N–H and O–H groups in total. The van der Waals surface area contributed by atoms with Crippen LogP contribution in [0.15, 0.2) is 77.7 Å². The first-order chi connectivity index (χ1) is 23.0. The minimum absolute atomic E-state index is 0.811. The number of benzene rings is 6. The monoisotopic (exact) mass is 638 g/mol. The predicted octanol–water partition coefficient (Wildman–Crippen LogP) is 10.4. The van der Waals surface area contributed by atoms with E-state index in [0.29, 0.717) is 0 Å². The molecule has 0 unspecified atom stereocenters. The minimum Gasteiger partial charge on any atom is -0.143 e. The lowest BCUT2D eigenvalue weighted by Gasteiger charge is -2.25. The summed E-state index contributed by atoms with van der Waals surface area (Å²) in [5.41, 5.74) is 21.1. The highest BCUT2D eigenvalue weighted by molar-refractivity contribution is 7.80. The van der Waals surface area contributed by atoms with Crippen LogP contribution >= 0.6 is 12.6 Å². The summed E-state index contributed by atoms with van der Waals surface area (Å²) < 4.78 is 0. The summed E-state index contributed by atoms with van der Waals surface area (Å²) in [5, 5.41) is 5.23. The lowest BCUT2D eigenvalue weighted by Crippen LogP contribution is -2.32. The summed E-state index contributed by atoms with van der Waals surface area (Å²) in [7, 11) is 6.94. The van der Waals surface area contributed by atoms with E-state index in [0.717, 1.165) is 39.9 Å². The van der Waals surface area contributed by atoms with Crippen LogP contribution in [0.4, 0.5) is 0 Å². The Hall–Kier alpha value is -4.27. The summed E-state index contributed by atoms with van der Waals surface area (Å²) >= 11 is 4.84. The van der Waals surface area contributed by atoms with Gasteiger partial charge in [-0.3, -0.25) is 0 Å². The van der Waals surface area contributed by atoms with Crippen LogP contribution in [-0.2, 0) is 0 Å². The smallest absolute Gasteiger partial charge is 0.115 e. The van der Waals surface area contributed by atoms with E-state index < -0.39 is 0 Å². The molecule has 0 amide bonds. The van der Waals surface area contributed by atoms with Gasteiger partial charge in [-0.05, 0) is 185 Å². The molecule has 0 saturated carbocycles. The zero-order chi connectivity index (χ0) is 34.0. The summed E-state index contributed by atoms with van der Waals surface area (Å²) in [6, 6.07) is 26.8. The van der Waals surface area contributed by atoms with Crippen molar-refractivity contribution in [2.75, 3.05) is 0 Å². The van der Waals surface area contributed by atoms with Gasteiger partial charge in [-0.1, -0.05) is 84.3 Å². The normalized spacial score (nSPS) is 12.5. The van der Waals surface area contributed by atoms with Gasteiger partial charge in [0.05, 0.1) is 0 Å². The quantitative estimate of drug-likeness (QED) is 0.144. The molecule has 2 heteroatoms. The van der Waals surface area contributed by atoms with E-state index in [1.54, 1.807) is 0 Å². The number of rotatable bonds is 4. The Morgan fingerprint density at radius 3 is 1.65 bits per heavy atom. The standard InChI is InChI=1S/C46H43BS/c1-25-26(2)28(4)41(29(5)27(25)3)44-38-21-15-14-20-37(38)43(36-19-13-12-18-35(36)33-16-10-9-11-17-33)39-23-22-34(24-40(39)44)42-30(6)31(7)46(48)32(8)45(42)47/h9-13,16-24,48H,14-15H2,1-8H3. The number of hydrogen-bond donors (Lipinski definition) is 1. The third-order valence-electron chi connectivity index (χ3n) is 11.4. The van der Waals surface area contributed by atoms with Gasteiger partial charge in [-0.2, -0.15) is 0 Å². The number of fused-ring (bicyclic) bond motifs is 2. The number of thiol groups is 1. The highest BCUT2D eigenvalue weighted by Crippen LogP contribution is 2.42. The van der Waals surface area contributed by atoms with E-state index in [4.69, 9.17) is 20.5 Å². The highest BCUT2D eigenvalue weighted by atomic mass is 32.1. The van der Waals surface area contributed by atoms with Gasteiger partial charge in [0, 0.05) is 4.90 Å². The molecule has 0 nitrogen and oxygen atoms in total. The van der Waals surface area contributed by atoms with Crippen molar-refractivity contribution in [3.8, 4) is 44.5 Å². The second-order valence-electron chi connectivity index (χ2n) is 13.7. The fourth-order valence-corrected chi connectivity index (χ4v) is 8.39. The van der Waals surface area contributed by atoms with E-state index in [1.807, 2.05) is 0 Å². The van der Waals surface area contributed by atoms with E-state index in [1.165, 1.54) is 93.5 Å². The van der Waals surface area contributed by atoms with Crippen molar-refractivity contribution in [2.24, 2.45) is 0 Å². The molecule has 0 spiro atoms. The van der Waals surface area contributed by atoms with Crippen molar-refractivity contribution in [2.45, 2.75) is 73.1 Å². The van der Waals surface area contributed by atoms with Crippen molar-refractivity contribution in [1.29, 1.82) is 0 Å². The molecule has 0 heterocycles. The van der Waals surface area contributed by atoms with Gasteiger partial charge in [0.2, 0.25) is 0 Å². The van der Waals surface area contributed by atoms with Gasteiger partial charge < -0.3 is 0 Å². The van der Waals surface area contributed by atoms with Crippen molar-refractivity contribution in [1.82, 2.24) is 0 Å². The van der Waals surface area contributed by atoms with Crippen LogP contribution in [0.25, 0.3) is 67.4 Å². The van der Waals surface area contributed by atoms with Crippen LogP contribution in [0.2, 0.25) is 0 Å². The molecule has 48 heavy (non-hydrogen) atoms. The number of hydrogen-bond acceptors (Lipinski definition) is 1. The average molecular weight is 639 g/mol. The van der Waals surface area contributed by atoms with Gasteiger partial charge in [0.15, 0.2) is 0 Å². The molecule has 0 aromatic heterocycles. The maximum absolute atomic E-state index is 6.94. The van der Waals surface area contributed by atoms with Gasteiger partial charge in [-0.15, -0.1) is 12.6 Å². The molecule has 0 saturated heterocycles. The molecule has 2 radical (unpaired) electrons. The van der Waals surface area contributed by atoms with Crippen LogP contribution < -0.4 is 15.9 Å². The summed E-state index contributed by atoms with van der Waals surface area (Å²) in [6.45, 7) is 17.9. The SMILES string of the molecule is [B]c1c(C)c(S)c(C)c(C)c1-c1ccc2c(-c3ccccc3-c3ccccc3)c3c(c(-c4c(C)c(C)c(C)c(C)c4C)c2c1)=CCCC=3. The molecule has 1 aliphatic carbocycles. The Morgan fingerprint density at radius 1 is 0.458 bits per heavy atom. The fourth-order valence-electron chi connectivity index (χ4n) is 8.10. The van der Waals surface area contributed by atoms with Gasteiger partial charge in [-0.25, -0.2) is 0 Å².